The van der Waals surface area contributed by atoms with Crippen molar-refractivity contribution in [2.75, 3.05) is 18.4 Å². The number of carbonyl (C=O) groups is 2. The summed E-state index contributed by atoms with van der Waals surface area (Å²) in [6.07, 6.45) is 2.98. The van der Waals surface area contributed by atoms with Crippen LogP contribution in [-0.4, -0.2) is 29.8 Å². The Morgan fingerprint density at radius 3 is 2.30 bits per heavy atom. The number of rotatable bonds is 4. The van der Waals surface area contributed by atoms with Crippen LogP contribution in [0.2, 0.25) is 0 Å². The molecule has 0 aromatic heterocycles. The van der Waals surface area contributed by atoms with Gasteiger partial charge in [-0.1, -0.05) is 32.0 Å². The third kappa shape index (κ3) is 4.38. The normalized spacial score (nSPS) is 14.9. The van der Waals surface area contributed by atoms with Gasteiger partial charge < -0.3 is 10.2 Å². The van der Waals surface area contributed by atoms with Crippen LogP contribution < -0.4 is 5.32 Å². The summed E-state index contributed by atoms with van der Waals surface area (Å²) in [6, 6.07) is 13.0. The minimum Gasteiger partial charge on any atom is -0.339 e. The number of carbonyl (C=O) groups excluding carboxylic acids is 2. The van der Waals surface area contributed by atoms with Gasteiger partial charge in [0.25, 0.3) is 11.8 Å². The Morgan fingerprint density at radius 2 is 1.67 bits per heavy atom. The Morgan fingerprint density at radius 1 is 1.04 bits per heavy atom. The molecular weight excluding hydrogens is 336 g/mol. The molecule has 0 aliphatic carbocycles. The summed E-state index contributed by atoms with van der Waals surface area (Å²) in [5, 5.41) is 3.03. The standard InChI is InChI=1S/C23H28N2O2/c1-4-18-7-5-6-17(3)21(18)24-22(26)19-8-10-20(11-9-19)23(27)25-14-12-16(2)13-15-25/h5-11,16H,4,12-15H2,1-3H3,(H,24,26). The molecular formula is C23H28N2O2. The third-order valence-corrected chi connectivity index (χ3v) is 5.44. The lowest BCUT2D eigenvalue weighted by atomic mass is 9.98. The predicted octanol–water partition coefficient (Wildman–Crippen LogP) is 4.68. The average molecular weight is 364 g/mol. The molecule has 1 fully saturated rings. The van der Waals surface area contributed by atoms with Crippen molar-refractivity contribution in [2.45, 2.75) is 40.0 Å². The Kier molecular flexibility index (Phi) is 5.94. The molecule has 27 heavy (non-hydrogen) atoms. The van der Waals surface area contributed by atoms with Crippen molar-refractivity contribution in [3.63, 3.8) is 0 Å². The lowest BCUT2D eigenvalue weighted by molar-refractivity contribution is 0.0697. The number of hydrogen-bond acceptors (Lipinski definition) is 2. The van der Waals surface area contributed by atoms with Crippen LogP contribution in [0, 0.1) is 12.8 Å². The van der Waals surface area contributed by atoms with Gasteiger partial charge in [0.15, 0.2) is 0 Å². The van der Waals surface area contributed by atoms with Crippen LogP contribution in [0.4, 0.5) is 5.69 Å². The predicted molar refractivity (Wildman–Crippen MR) is 109 cm³/mol. The maximum atomic E-state index is 12.6. The third-order valence-electron chi connectivity index (χ3n) is 5.44. The molecule has 0 atom stereocenters. The van der Waals surface area contributed by atoms with Crippen molar-refractivity contribution < 1.29 is 9.59 Å². The van der Waals surface area contributed by atoms with E-state index in [2.05, 4.69) is 19.2 Å². The molecule has 0 spiro atoms. The number of benzene rings is 2. The van der Waals surface area contributed by atoms with Gasteiger partial charge in [0, 0.05) is 29.9 Å². The van der Waals surface area contributed by atoms with Crippen molar-refractivity contribution in [2.24, 2.45) is 5.92 Å². The summed E-state index contributed by atoms with van der Waals surface area (Å²) in [7, 11) is 0. The SMILES string of the molecule is CCc1cccc(C)c1NC(=O)c1ccc(C(=O)N2CCC(C)CC2)cc1. The monoisotopic (exact) mass is 364 g/mol. The Labute approximate surface area is 161 Å². The minimum atomic E-state index is -0.148. The summed E-state index contributed by atoms with van der Waals surface area (Å²) in [4.78, 5) is 27.2. The molecule has 1 N–H and O–H groups in total. The number of para-hydroxylation sites is 1. The van der Waals surface area contributed by atoms with Gasteiger partial charge in [-0.05, 0) is 67.5 Å². The molecule has 142 valence electrons. The zero-order chi connectivity index (χ0) is 19.4. The number of hydrogen-bond donors (Lipinski definition) is 1. The highest BCUT2D eigenvalue weighted by Crippen LogP contribution is 2.22. The number of nitrogens with zero attached hydrogens (tertiary/aromatic N) is 1. The van der Waals surface area contributed by atoms with E-state index in [0.717, 1.165) is 49.2 Å². The molecule has 1 aliphatic rings. The van der Waals surface area contributed by atoms with E-state index in [1.165, 1.54) is 0 Å². The van der Waals surface area contributed by atoms with Crippen LogP contribution in [-0.2, 0) is 6.42 Å². The largest absolute Gasteiger partial charge is 0.339 e. The lowest BCUT2D eigenvalue weighted by Gasteiger charge is -2.30. The summed E-state index contributed by atoms with van der Waals surface area (Å²) < 4.78 is 0. The quantitative estimate of drug-likeness (QED) is 0.856. The van der Waals surface area contributed by atoms with E-state index >= 15 is 0 Å². The smallest absolute Gasteiger partial charge is 0.255 e. The first-order chi connectivity index (χ1) is 13.0. The molecule has 2 amide bonds. The number of piperidine rings is 1. The van der Waals surface area contributed by atoms with E-state index < -0.39 is 0 Å². The van der Waals surface area contributed by atoms with Crippen molar-refractivity contribution in [1.29, 1.82) is 0 Å². The van der Waals surface area contributed by atoms with Crippen LogP contribution in [0.1, 0.15) is 58.5 Å². The number of likely N-dealkylation sites (tertiary alicyclic amines) is 1. The van der Waals surface area contributed by atoms with Gasteiger partial charge in [-0.2, -0.15) is 0 Å². The van der Waals surface area contributed by atoms with Crippen LogP contribution in [0.25, 0.3) is 0 Å². The fourth-order valence-electron chi connectivity index (χ4n) is 3.55. The summed E-state index contributed by atoms with van der Waals surface area (Å²) in [5.41, 5.74) is 4.26. The molecule has 0 unspecified atom stereocenters. The highest BCUT2D eigenvalue weighted by atomic mass is 16.2. The molecule has 2 aromatic rings. The molecule has 0 bridgehead atoms. The van der Waals surface area contributed by atoms with Crippen molar-refractivity contribution in [3.8, 4) is 0 Å². The topological polar surface area (TPSA) is 49.4 Å². The van der Waals surface area contributed by atoms with Crippen LogP contribution in [0.15, 0.2) is 42.5 Å². The molecule has 1 saturated heterocycles. The fourth-order valence-corrected chi connectivity index (χ4v) is 3.55. The molecule has 0 saturated carbocycles. The second-order valence-corrected chi connectivity index (χ2v) is 7.47. The zero-order valence-corrected chi connectivity index (χ0v) is 16.4. The molecule has 1 aliphatic heterocycles. The molecule has 1 heterocycles. The summed E-state index contributed by atoms with van der Waals surface area (Å²) in [5.74, 6) is 0.598. The Balaban J connectivity index is 1.70. The number of nitrogens with one attached hydrogen (secondary N) is 1. The van der Waals surface area contributed by atoms with E-state index in [4.69, 9.17) is 0 Å². The first-order valence-electron chi connectivity index (χ1n) is 9.78. The van der Waals surface area contributed by atoms with E-state index in [0.29, 0.717) is 17.0 Å². The second kappa shape index (κ2) is 8.38. The minimum absolute atomic E-state index is 0.0565. The first-order valence-corrected chi connectivity index (χ1v) is 9.78. The van der Waals surface area contributed by atoms with E-state index in [-0.39, 0.29) is 11.8 Å². The zero-order valence-electron chi connectivity index (χ0n) is 16.4. The maximum Gasteiger partial charge on any atom is 0.255 e. The number of aryl methyl sites for hydroxylation is 2. The van der Waals surface area contributed by atoms with E-state index in [1.807, 2.05) is 30.0 Å². The highest BCUT2D eigenvalue weighted by molar-refractivity contribution is 6.05. The Bertz CT molecular complexity index is 819. The van der Waals surface area contributed by atoms with Gasteiger partial charge in [0.2, 0.25) is 0 Å². The van der Waals surface area contributed by atoms with Gasteiger partial charge in [-0.25, -0.2) is 0 Å². The number of amides is 2. The average Bonchev–Trinajstić information content (AvgIpc) is 2.69. The summed E-state index contributed by atoms with van der Waals surface area (Å²) in [6.45, 7) is 7.93. The van der Waals surface area contributed by atoms with Crippen molar-refractivity contribution in [3.05, 3.63) is 64.7 Å². The van der Waals surface area contributed by atoms with Crippen LogP contribution >= 0.6 is 0 Å². The van der Waals surface area contributed by atoms with Gasteiger partial charge in [0.05, 0.1) is 0 Å². The van der Waals surface area contributed by atoms with Gasteiger partial charge in [0.1, 0.15) is 0 Å². The van der Waals surface area contributed by atoms with E-state index in [1.54, 1.807) is 24.3 Å². The summed E-state index contributed by atoms with van der Waals surface area (Å²) >= 11 is 0. The van der Waals surface area contributed by atoms with Crippen molar-refractivity contribution >= 4 is 17.5 Å². The second-order valence-electron chi connectivity index (χ2n) is 7.47. The molecule has 2 aromatic carbocycles. The Hall–Kier alpha value is -2.62. The van der Waals surface area contributed by atoms with Gasteiger partial charge >= 0.3 is 0 Å². The molecule has 4 nitrogen and oxygen atoms in total. The van der Waals surface area contributed by atoms with E-state index in [9.17, 15) is 9.59 Å². The lowest BCUT2D eigenvalue weighted by Crippen LogP contribution is -2.37. The van der Waals surface area contributed by atoms with Crippen LogP contribution in [0.5, 0.6) is 0 Å². The van der Waals surface area contributed by atoms with Gasteiger partial charge in [-0.3, -0.25) is 9.59 Å². The first kappa shape index (κ1) is 19.2. The highest BCUT2D eigenvalue weighted by Gasteiger charge is 2.21. The van der Waals surface area contributed by atoms with Crippen molar-refractivity contribution in [1.82, 2.24) is 4.90 Å². The molecule has 0 radical (unpaired) electrons. The molecule has 3 rings (SSSR count). The van der Waals surface area contributed by atoms with Crippen LogP contribution in [0.3, 0.4) is 0 Å². The number of anilines is 1. The molecule has 4 heteroatoms. The maximum absolute atomic E-state index is 12.6. The van der Waals surface area contributed by atoms with Gasteiger partial charge in [-0.15, -0.1) is 0 Å². The fraction of sp³-hybridized carbons (Fsp3) is 0.391.